The van der Waals surface area contributed by atoms with Gasteiger partial charge in [-0.05, 0) is 121 Å². The van der Waals surface area contributed by atoms with E-state index in [-0.39, 0.29) is 0 Å². The Morgan fingerprint density at radius 1 is 0.296 bits per heavy atom. The van der Waals surface area contributed by atoms with Crippen LogP contribution in [0.4, 0.5) is 0 Å². The number of aromatic nitrogens is 26. The maximum Gasteiger partial charge on any atom is 0.147 e. The van der Waals surface area contributed by atoms with Gasteiger partial charge in [0.05, 0.1) is 42.0 Å². The van der Waals surface area contributed by atoms with E-state index in [1.165, 1.54) is 24.5 Å². The number of rotatable bonds is 0. The Balaban J connectivity index is 0.000000442. The molecular weight excluding hydrogens is 1020 g/mol. The maximum atomic E-state index is 3.98. The SMILES string of the molecule is Cc1ccccn1.Cc1cccnc1.Cc1cccnn1.Cc1ccnnc1.Cc1cnccn1.Cc1cncnc1.Cc1cncnn1.Cc1ncccn1.Cc1nccnn1.Cn1ccnc1.Cn1cncn1.Cn1cnnc1. The average molecular weight is 1100 g/mol. The van der Waals surface area contributed by atoms with Crippen molar-refractivity contribution in [3.05, 3.63) is 262 Å². The van der Waals surface area contributed by atoms with Gasteiger partial charge in [0.1, 0.15) is 49.6 Å². The number of aryl methyl sites for hydroxylation is 12. The summed E-state index contributed by atoms with van der Waals surface area (Å²) >= 11 is 0. The molecular formula is C55H70N26. The standard InChI is InChI=1S/2C6H7N.5C5H6N2.2C4H5N3.C4H6N2.2C3H5N3/c1-6-3-2-4-7-5-6;1-6-4-2-3-5-7-6;1-5-2-6-4-7-3-5;1-5-4-6-2-3-7-5;1-5-2-3-6-7-4-5;1-5-6-3-2-4-7-5;1-5-3-2-4-6-7-5;1-4-2-5-3-6-7-4;1-4-5-2-3-6-7-4;1-6-3-2-5-4-6;1-6-2-4-5-3-6;1-6-3-4-2-5-6/h2*2-5H,1H3;5*2-4H,1H3;2*2-3H,1H3;2-4H,1H3;2*2-3H,1H3. The molecule has 0 aliphatic rings. The third kappa shape index (κ3) is 46.3. The molecule has 0 atom stereocenters. The lowest BCUT2D eigenvalue weighted by molar-refractivity contribution is 0.765. The van der Waals surface area contributed by atoms with E-state index in [9.17, 15) is 0 Å². The Kier molecular flexibility index (Phi) is 40.1. The van der Waals surface area contributed by atoms with Gasteiger partial charge >= 0.3 is 0 Å². The molecule has 0 radical (unpaired) electrons. The molecule has 12 aromatic heterocycles. The molecule has 0 N–H and O–H groups in total. The highest BCUT2D eigenvalue weighted by Crippen LogP contribution is 1.90. The first kappa shape index (κ1) is 68.2. The van der Waals surface area contributed by atoms with Gasteiger partial charge in [-0.1, -0.05) is 12.1 Å². The molecule has 0 spiro atoms. The second-order valence-corrected chi connectivity index (χ2v) is 15.7. The predicted octanol–water partition coefficient (Wildman–Crippen LogP) is 7.12. The summed E-state index contributed by atoms with van der Waals surface area (Å²) in [6.07, 6.45) is 42.1. The van der Waals surface area contributed by atoms with E-state index >= 15 is 0 Å². The summed E-state index contributed by atoms with van der Waals surface area (Å²) in [4.78, 5) is 45.9. The summed E-state index contributed by atoms with van der Waals surface area (Å²) in [7, 11) is 5.64. The van der Waals surface area contributed by atoms with E-state index in [4.69, 9.17) is 0 Å². The first-order valence-corrected chi connectivity index (χ1v) is 24.3. The van der Waals surface area contributed by atoms with E-state index in [1.807, 2.05) is 142 Å². The molecule has 0 saturated carbocycles. The van der Waals surface area contributed by atoms with Crippen molar-refractivity contribution in [3.8, 4) is 0 Å². The van der Waals surface area contributed by atoms with Crippen LogP contribution in [-0.2, 0) is 21.1 Å². The van der Waals surface area contributed by atoms with Crippen LogP contribution in [0.3, 0.4) is 0 Å². The Hall–Kier alpha value is -10.8. The van der Waals surface area contributed by atoms with Crippen LogP contribution in [0.5, 0.6) is 0 Å². The van der Waals surface area contributed by atoms with Crippen LogP contribution >= 0.6 is 0 Å². The Morgan fingerprint density at radius 3 is 1.17 bits per heavy atom. The number of pyridine rings is 2. The summed E-state index contributed by atoms with van der Waals surface area (Å²) in [5, 5.41) is 39.8. The van der Waals surface area contributed by atoms with E-state index in [0.717, 1.165) is 39.7 Å². The Labute approximate surface area is 473 Å². The van der Waals surface area contributed by atoms with Crippen LogP contribution in [0, 0.1) is 62.3 Å². The summed E-state index contributed by atoms with van der Waals surface area (Å²) < 4.78 is 5.31. The van der Waals surface area contributed by atoms with Crippen molar-refractivity contribution in [2.75, 3.05) is 0 Å². The zero-order valence-corrected chi connectivity index (χ0v) is 47.8. The van der Waals surface area contributed by atoms with Gasteiger partial charge in [0.2, 0.25) is 0 Å². The molecule has 26 nitrogen and oxygen atoms in total. The van der Waals surface area contributed by atoms with Gasteiger partial charge in [-0.2, -0.15) is 35.7 Å². The van der Waals surface area contributed by atoms with E-state index in [1.54, 1.807) is 147 Å². The fraction of sp³-hybridized carbons (Fsp3) is 0.218. The first-order valence-electron chi connectivity index (χ1n) is 24.3. The molecule has 0 unspecified atom stereocenters. The van der Waals surface area contributed by atoms with Crippen LogP contribution in [0.25, 0.3) is 0 Å². The second-order valence-electron chi connectivity index (χ2n) is 15.7. The van der Waals surface area contributed by atoms with Gasteiger partial charge < -0.3 is 9.13 Å². The third-order valence-electron chi connectivity index (χ3n) is 8.03. The third-order valence-corrected chi connectivity index (χ3v) is 8.03. The highest BCUT2D eigenvalue weighted by atomic mass is 15.3. The first-order chi connectivity index (χ1) is 39.2. The van der Waals surface area contributed by atoms with Crippen molar-refractivity contribution in [1.29, 1.82) is 0 Å². The zero-order chi connectivity index (χ0) is 59.2. The fourth-order valence-corrected chi connectivity index (χ4v) is 4.23. The van der Waals surface area contributed by atoms with Crippen molar-refractivity contribution in [2.45, 2.75) is 62.3 Å². The van der Waals surface area contributed by atoms with Crippen LogP contribution < -0.4 is 0 Å². The van der Waals surface area contributed by atoms with Crippen molar-refractivity contribution in [2.24, 2.45) is 21.1 Å². The van der Waals surface area contributed by atoms with Crippen molar-refractivity contribution in [1.82, 2.24) is 130 Å². The topological polar surface area (TPSA) is 311 Å². The summed E-state index contributed by atoms with van der Waals surface area (Å²) in [6.45, 7) is 17.3. The van der Waals surface area contributed by atoms with Crippen LogP contribution in [0.2, 0.25) is 0 Å². The lowest BCUT2D eigenvalue weighted by Crippen LogP contribution is -1.85. The Morgan fingerprint density at radius 2 is 0.914 bits per heavy atom. The lowest BCUT2D eigenvalue weighted by Gasteiger charge is -1.82. The smallest absolute Gasteiger partial charge is 0.147 e. The van der Waals surface area contributed by atoms with E-state index < -0.39 is 0 Å². The lowest BCUT2D eigenvalue weighted by atomic mass is 10.3. The van der Waals surface area contributed by atoms with Crippen LogP contribution in [0.1, 0.15) is 51.1 Å². The monoisotopic (exact) mass is 1090 g/mol. The molecule has 0 aliphatic heterocycles. The van der Waals surface area contributed by atoms with E-state index in [2.05, 4.69) is 116 Å². The maximum absolute atomic E-state index is 3.98. The van der Waals surface area contributed by atoms with Gasteiger partial charge in [-0.3, -0.25) is 24.6 Å². The minimum Gasteiger partial charge on any atom is -0.341 e. The minimum absolute atomic E-state index is 0.711. The van der Waals surface area contributed by atoms with Gasteiger partial charge in [0.15, 0.2) is 0 Å². The minimum atomic E-state index is 0.711. The normalized spacial score (nSPS) is 8.74. The Bertz CT molecular complexity index is 2500. The zero-order valence-electron chi connectivity index (χ0n) is 47.8. The van der Waals surface area contributed by atoms with Crippen molar-refractivity contribution < 1.29 is 0 Å². The summed E-state index contributed by atoms with van der Waals surface area (Å²) in [5.41, 5.74) is 7.30. The van der Waals surface area contributed by atoms with E-state index in [0.29, 0.717) is 5.82 Å². The number of hydrogen-bond donors (Lipinski definition) is 0. The molecule has 0 aliphatic carbocycles. The van der Waals surface area contributed by atoms with Crippen molar-refractivity contribution >= 4 is 0 Å². The second kappa shape index (κ2) is 47.6. The van der Waals surface area contributed by atoms with Crippen molar-refractivity contribution in [3.63, 3.8) is 0 Å². The van der Waals surface area contributed by atoms with Gasteiger partial charge in [-0.15, -0.1) is 20.4 Å². The number of nitrogens with zero attached hydrogens (tertiary/aromatic N) is 26. The largest absolute Gasteiger partial charge is 0.341 e. The van der Waals surface area contributed by atoms with Crippen LogP contribution in [-0.4, -0.2) is 130 Å². The number of hydrogen-bond acceptors (Lipinski definition) is 23. The summed E-state index contributed by atoms with van der Waals surface area (Å²) in [5.74, 6) is 1.53. The van der Waals surface area contributed by atoms with Crippen LogP contribution in [0.15, 0.2) is 210 Å². The molecule has 12 heterocycles. The molecule has 0 saturated heterocycles. The van der Waals surface area contributed by atoms with Gasteiger partial charge in [0, 0.05) is 120 Å². The van der Waals surface area contributed by atoms with Gasteiger partial charge in [-0.25, -0.2) is 39.9 Å². The molecule has 0 fully saturated rings. The highest BCUT2D eigenvalue weighted by molar-refractivity contribution is 5.05. The molecule has 12 aromatic rings. The molecule has 0 aromatic carbocycles. The molecule has 81 heavy (non-hydrogen) atoms. The van der Waals surface area contributed by atoms with Gasteiger partial charge in [0.25, 0.3) is 0 Å². The number of imidazole rings is 1. The molecule has 420 valence electrons. The molecule has 26 heteroatoms. The fourth-order valence-electron chi connectivity index (χ4n) is 4.23. The molecule has 0 amide bonds. The quantitative estimate of drug-likeness (QED) is 0.146. The predicted molar refractivity (Wildman–Crippen MR) is 306 cm³/mol. The molecule has 0 bridgehead atoms. The average Bonchev–Trinajstić information content (AvgIpc) is 4.31. The molecule has 12 rings (SSSR count). The highest BCUT2D eigenvalue weighted by Gasteiger charge is 1.81. The summed E-state index contributed by atoms with van der Waals surface area (Å²) in [6, 6.07) is 17.3.